The molecule has 6 heteroatoms. The zero-order valence-corrected chi connectivity index (χ0v) is 17.9. The van der Waals surface area contributed by atoms with Crippen molar-refractivity contribution in [2.45, 2.75) is 47.1 Å². The fourth-order valence-electron chi connectivity index (χ4n) is 2.84. The van der Waals surface area contributed by atoms with Gasteiger partial charge in [0.2, 0.25) is 0 Å². The van der Waals surface area contributed by atoms with Gasteiger partial charge in [-0.2, -0.15) is 0 Å². The predicted octanol–water partition coefficient (Wildman–Crippen LogP) is 5.60. The number of amides is 1. The molecule has 0 aliphatic heterocycles. The number of rotatable bonds is 5. The summed E-state index contributed by atoms with van der Waals surface area (Å²) in [4.78, 5) is 26.5. The first kappa shape index (κ1) is 22.0. The van der Waals surface area contributed by atoms with Gasteiger partial charge in [0.1, 0.15) is 0 Å². The van der Waals surface area contributed by atoms with Gasteiger partial charge in [0.15, 0.2) is 11.9 Å². The van der Waals surface area contributed by atoms with Crippen molar-refractivity contribution in [1.29, 1.82) is 0 Å². The molecule has 1 aromatic rings. The van der Waals surface area contributed by atoms with E-state index in [1.807, 2.05) is 19.9 Å². The van der Waals surface area contributed by atoms with Gasteiger partial charge in [-0.3, -0.25) is 0 Å². The Kier molecular flexibility index (Phi) is 7.30. The van der Waals surface area contributed by atoms with Crippen molar-refractivity contribution in [3.05, 3.63) is 58.3 Å². The Hall–Kier alpha value is -2.27. The molecule has 28 heavy (non-hydrogen) atoms. The van der Waals surface area contributed by atoms with E-state index < -0.39 is 18.2 Å². The largest absolute Gasteiger partial charge is 0.450 e. The lowest BCUT2D eigenvalue weighted by Crippen LogP contribution is -2.34. The summed E-state index contributed by atoms with van der Waals surface area (Å²) < 4.78 is 11.3. The standard InChI is InChI=1S/C22H28ClNO4/c1-6-24(7-2)21(26)28-18-13-10-16(22(3,4)5)14-19(18)27-20(25)15-8-11-17(23)12-9-15/h8-13,19H,6-7,14H2,1-5H3. The number of hydrogen-bond acceptors (Lipinski definition) is 4. The number of carbonyl (C=O) groups excluding carboxylic acids is 2. The van der Waals surface area contributed by atoms with Gasteiger partial charge in [0.05, 0.1) is 5.56 Å². The van der Waals surface area contributed by atoms with Crippen LogP contribution >= 0.6 is 11.6 Å². The molecule has 2 rings (SSSR count). The molecule has 1 unspecified atom stereocenters. The van der Waals surface area contributed by atoms with E-state index in [9.17, 15) is 9.59 Å². The van der Waals surface area contributed by atoms with Crippen molar-refractivity contribution in [3.63, 3.8) is 0 Å². The zero-order chi connectivity index (χ0) is 20.9. The SMILES string of the molecule is CCN(CC)C(=O)OC1=CC=C(C(C)(C)C)CC1OC(=O)c1ccc(Cl)cc1. The van der Waals surface area contributed by atoms with E-state index in [2.05, 4.69) is 20.8 Å². The van der Waals surface area contributed by atoms with E-state index in [1.54, 1.807) is 35.2 Å². The molecule has 1 amide bonds. The molecule has 0 bridgehead atoms. The molecule has 1 aliphatic rings. The maximum absolute atomic E-state index is 12.6. The molecule has 0 N–H and O–H groups in total. The molecular weight excluding hydrogens is 378 g/mol. The molecule has 0 saturated heterocycles. The molecule has 1 aliphatic carbocycles. The van der Waals surface area contributed by atoms with Gasteiger partial charge in [-0.05, 0) is 49.6 Å². The minimum absolute atomic E-state index is 0.0875. The van der Waals surface area contributed by atoms with Crippen LogP contribution in [0.1, 0.15) is 51.4 Å². The lowest BCUT2D eigenvalue weighted by atomic mass is 9.81. The second kappa shape index (κ2) is 9.28. The summed E-state index contributed by atoms with van der Waals surface area (Å²) in [5.74, 6) is -0.145. The molecule has 0 saturated carbocycles. The third kappa shape index (κ3) is 5.61. The summed E-state index contributed by atoms with van der Waals surface area (Å²) in [6, 6.07) is 6.49. The van der Waals surface area contributed by atoms with Gasteiger partial charge in [-0.15, -0.1) is 0 Å². The fraction of sp³-hybridized carbons (Fsp3) is 0.455. The third-order valence-corrected chi connectivity index (χ3v) is 4.94. The lowest BCUT2D eigenvalue weighted by Gasteiger charge is -2.31. The second-order valence-electron chi connectivity index (χ2n) is 7.66. The van der Waals surface area contributed by atoms with Gasteiger partial charge in [-0.25, -0.2) is 9.59 Å². The number of esters is 1. The van der Waals surface area contributed by atoms with Crippen LogP contribution in [0.3, 0.4) is 0 Å². The summed E-state index contributed by atoms with van der Waals surface area (Å²) in [7, 11) is 0. The van der Waals surface area contributed by atoms with Crippen LogP contribution < -0.4 is 0 Å². The Morgan fingerprint density at radius 2 is 1.71 bits per heavy atom. The predicted molar refractivity (Wildman–Crippen MR) is 110 cm³/mol. The van der Waals surface area contributed by atoms with Crippen molar-refractivity contribution < 1.29 is 19.1 Å². The number of carbonyl (C=O) groups is 2. The summed E-state index contributed by atoms with van der Waals surface area (Å²) >= 11 is 5.88. The van der Waals surface area contributed by atoms with Crippen molar-refractivity contribution in [2.75, 3.05) is 13.1 Å². The van der Waals surface area contributed by atoms with Gasteiger partial charge in [-0.1, -0.05) is 44.0 Å². The van der Waals surface area contributed by atoms with Gasteiger partial charge in [0, 0.05) is 24.5 Å². The van der Waals surface area contributed by atoms with E-state index in [1.165, 1.54) is 0 Å². The minimum Gasteiger partial charge on any atom is -0.450 e. The normalized spacial score (nSPS) is 16.7. The number of allylic oxidation sites excluding steroid dienone is 2. The highest BCUT2D eigenvalue weighted by atomic mass is 35.5. The zero-order valence-electron chi connectivity index (χ0n) is 17.1. The average Bonchev–Trinajstić information content (AvgIpc) is 2.63. The van der Waals surface area contributed by atoms with Gasteiger partial charge >= 0.3 is 12.1 Å². The Morgan fingerprint density at radius 1 is 1.11 bits per heavy atom. The number of ether oxygens (including phenoxy) is 2. The summed E-state index contributed by atoms with van der Waals surface area (Å²) in [6.07, 6.45) is 3.03. The molecule has 0 fully saturated rings. The summed E-state index contributed by atoms with van der Waals surface area (Å²) in [6.45, 7) is 11.1. The Bertz CT molecular complexity index is 771. The number of hydrogen-bond donors (Lipinski definition) is 0. The highest BCUT2D eigenvalue weighted by Crippen LogP contribution is 2.35. The molecule has 1 aromatic carbocycles. The lowest BCUT2D eigenvalue weighted by molar-refractivity contribution is 0.0230. The van der Waals surface area contributed by atoms with E-state index >= 15 is 0 Å². The fourth-order valence-corrected chi connectivity index (χ4v) is 2.97. The molecule has 0 heterocycles. The van der Waals surface area contributed by atoms with Crippen LogP contribution in [-0.4, -0.2) is 36.2 Å². The van der Waals surface area contributed by atoms with Crippen LogP contribution in [-0.2, 0) is 9.47 Å². The van der Waals surface area contributed by atoms with Crippen molar-refractivity contribution in [3.8, 4) is 0 Å². The van der Waals surface area contributed by atoms with E-state index in [-0.39, 0.29) is 5.41 Å². The van der Waals surface area contributed by atoms with Crippen LogP contribution in [0, 0.1) is 5.41 Å². The minimum atomic E-state index is -0.665. The molecule has 0 aromatic heterocycles. The van der Waals surface area contributed by atoms with Crippen LogP contribution in [0.25, 0.3) is 0 Å². The molecule has 5 nitrogen and oxygen atoms in total. The quantitative estimate of drug-likeness (QED) is 0.598. The Labute approximate surface area is 171 Å². The van der Waals surface area contributed by atoms with Crippen molar-refractivity contribution in [1.82, 2.24) is 4.90 Å². The van der Waals surface area contributed by atoms with Crippen LogP contribution in [0.5, 0.6) is 0 Å². The Morgan fingerprint density at radius 3 is 2.25 bits per heavy atom. The van der Waals surface area contributed by atoms with E-state index in [4.69, 9.17) is 21.1 Å². The molecule has 0 spiro atoms. The van der Waals surface area contributed by atoms with Crippen LogP contribution in [0.15, 0.2) is 47.7 Å². The third-order valence-electron chi connectivity index (χ3n) is 4.69. The number of benzene rings is 1. The van der Waals surface area contributed by atoms with E-state index in [0.29, 0.717) is 35.9 Å². The van der Waals surface area contributed by atoms with Crippen molar-refractivity contribution >= 4 is 23.7 Å². The first-order valence-corrected chi connectivity index (χ1v) is 9.88. The first-order chi connectivity index (χ1) is 13.2. The summed E-state index contributed by atoms with van der Waals surface area (Å²) in [5, 5.41) is 0.543. The number of nitrogens with zero attached hydrogens (tertiary/aromatic N) is 1. The van der Waals surface area contributed by atoms with Crippen molar-refractivity contribution in [2.24, 2.45) is 5.41 Å². The monoisotopic (exact) mass is 405 g/mol. The van der Waals surface area contributed by atoms with Gasteiger partial charge in [0.25, 0.3) is 0 Å². The van der Waals surface area contributed by atoms with E-state index in [0.717, 1.165) is 5.57 Å². The number of halogens is 1. The highest BCUT2D eigenvalue weighted by molar-refractivity contribution is 6.30. The van der Waals surface area contributed by atoms with Crippen LogP contribution in [0.2, 0.25) is 5.02 Å². The molecule has 0 radical (unpaired) electrons. The van der Waals surface area contributed by atoms with Crippen LogP contribution in [0.4, 0.5) is 4.79 Å². The average molecular weight is 406 g/mol. The molecule has 152 valence electrons. The maximum atomic E-state index is 12.6. The molecular formula is C22H28ClNO4. The smallest absolute Gasteiger partial charge is 0.415 e. The second-order valence-corrected chi connectivity index (χ2v) is 8.09. The Balaban J connectivity index is 2.23. The topological polar surface area (TPSA) is 55.8 Å². The van der Waals surface area contributed by atoms with Gasteiger partial charge < -0.3 is 14.4 Å². The maximum Gasteiger partial charge on any atom is 0.415 e. The summed E-state index contributed by atoms with van der Waals surface area (Å²) in [5.41, 5.74) is 1.42. The molecule has 1 atom stereocenters. The highest BCUT2D eigenvalue weighted by Gasteiger charge is 2.31. The first-order valence-electron chi connectivity index (χ1n) is 9.50.